The summed E-state index contributed by atoms with van der Waals surface area (Å²) in [6, 6.07) is 0. The summed E-state index contributed by atoms with van der Waals surface area (Å²) in [5, 5.41) is 10.3. The number of fused-ring (bicyclic) bond motifs is 1. The maximum atomic E-state index is 4.43. The summed E-state index contributed by atoms with van der Waals surface area (Å²) in [4.78, 5) is 8.73. The average molecular weight is 335 g/mol. The van der Waals surface area contributed by atoms with Crippen LogP contribution < -0.4 is 5.32 Å². The second-order valence-electron chi connectivity index (χ2n) is 4.62. The van der Waals surface area contributed by atoms with Crippen molar-refractivity contribution in [2.24, 2.45) is 0 Å². The van der Waals surface area contributed by atoms with Crippen LogP contribution in [0.4, 0.5) is 5.82 Å². The van der Waals surface area contributed by atoms with Gasteiger partial charge in [-0.05, 0) is 41.3 Å². The molecular formula is C13H15BrN6. The molecule has 0 unspecified atom stereocenters. The fourth-order valence-electron chi connectivity index (χ4n) is 2.13. The smallest absolute Gasteiger partial charge is 0.180 e. The Bertz CT molecular complexity index is 717. The lowest BCUT2D eigenvalue weighted by molar-refractivity contribution is 0.852. The van der Waals surface area contributed by atoms with Gasteiger partial charge in [0.05, 0.1) is 6.20 Å². The van der Waals surface area contributed by atoms with Gasteiger partial charge in [0, 0.05) is 30.8 Å². The van der Waals surface area contributed by atoms with E-state index in [1.165, 1.54) is 5.56 Å². The zero-order chi connectivity index (χ0) is 13.9. The molecule has 0 saturated heterocycles. The quantitative estimate of drug-likeness (QED) is 0.703. The van der Waals surface area contributed by atoms with Crippen molar-refractivity contribution in [3.8, 4) is 0 Å². The Kier molecular flexibility index (Phi) is 3.68. The van der Waals surface area contributed by atoms with Crippen LogP contribution in [0.1, 0.15) is 17.7 Å². The van der Waals surface area contributed by atoms with Gasteiger partial charge in [0.1, 0.15) is 4.60 Å². The molecule has 0 bridgehead atoms. The highest BCUT2D eigenvalue weighted by Gasteiger charge is 2.06. The van der Waals surface area contributed by atoms with E-state index in [9.17, 15) is 0 Å². The molecule has 7 heteroatoms. The van der Waals surface area contributed by atoms with Gasteiger partial charge in [-0.3, -0.25) is 5.10 Å². The van der Waals surface area contributed by atoms with E-state index < -0.39 is 0 Å². The van der Waals surface area contributed by atoms with Crippen LogP contribution in [-0.4, -0.2) is 31.1 Å². The van der Waals surface area contributed by atoms with Crippen molar-refractivity contribution in [1.29, 1.82) is 0 Å². The number of rotatable bonds is 5. The number of aromatic amines is 1. The Morgan fingerprint density at radius 3 is 3.15 bits per heavy atom. The van der Waals surface area contributed by atoms with Crippen molar-refractivity contribution >= 4 is 27.4 Å². The molecule has 3 heterocycles. The molecule has 0 aliphatic carbocycles. The third-order valence-corrected chi connectivity index (χ3v) is 3.58. The average Bonchev–Trinajstić information content (AvgIpc) is 3.03. The third-order valence-electron chi connectivity index (χ3n) is 3.19. The van der Waals surface area contributed by atoms with Crippen LogP contribution in [0.2, 0.25) is 0 Å². The highest BCUT2D eigenvalue weighted by molar-refractivity contribution is 9.10. The summed E-state index contributed by atoms with van der Waals surface area (Å²) >= 11 is 3.41. The summed E-state index contributed by atoms with van der Waals surface area (Å²) < 4.78 is 2.73. The van der Waals surface area contributed by atoms with Crippen molar-refractivity contribution in [2.75, 3.05) is 11.9 Å². The molecule has 2 N–H and O–H groups in total. The molecular weight excluding hydrogens is 320 g/mol. The summed E-state index contributed by atoms with van der Waals surface area (Å²) in [5.41, 5.74) is 3.24. The third kappa shape index (κ3) is 2.67. The lowest BCUT2D eigenvalue weighted by atomic mass is 10.1. The summed E-state index contributed by atoms with van der Waals surface area (Å²) in [6.07, 6.45) is 9.46. The number of halogens is 1. The first-order valence-electron chi connectivity index (χ1n) is 6.46. The Morgan fingerprint density at radius 2 is 2.35 bits per heavy atom. The van der Waals surface area contributed by atoms with Gasteiger partial charge >= 0.3 is 0 Å². The molecule has 104 valence electrons. The van der Waals surface area contributed by atoms with E-state index in [4.69, 9.17) is 0 Å². The first-order chi connectivity index (χ1) is 9.74. The normalized spacial score (nSPS) is 11.1. The molecule has 6 nitrogen and oxygen atoms in total. The maximum Gasteiger partial charge on any atom is 0.180 e. The Hall–Kier alpha value is -1.89. The molecule has 0 fully saturated rings. The fraction of sp³-hybridized carbons (Fsp3) is 0.308. The molecule has 0 aliphatic rings. The van der Waals surface area contributed by atoms with Crippen molar-refractivity contribution < 1.29 is 0 Å². The monoisotopic (exact) mass is 334 g/mol. The van der Waals surface area contributed by atoms with Gasteiger partial charge in [-0.25, -0.2) is 9.97 Å². The lowest BCUT2D eigenvalue weighted by Crippen LogP contribution is -2.07. The van der Waals surface area contributed by atoms with Gasteiger partial charge in [0.25, 0.3) is 0 Å². The highest BCUT2D eigenvalue weighted by Crippen LogP contribution is 2.17. The standard InChI is InChI=1S/C13H15BrN6/c1-9-10(7-17-19-9)3-2-4-15-12-13-16-5-6-20(13)8-11(14)18-12/h5-8H,2-4H2,1H3,(H,15,18)(H,17,19). The minimum atomic E-state index is 0.788. The molecule has 0 atom stereocenters. The van der Waals surface area contributed by atoms with Crippen LogP contribution in [-0.2, 0) is 6.42 Å². The SMILES string of the molecule is Cc1[nH]ncc1CCCNc1nc(Br)cn2ccnc12. The predicted octanol–water partition coefficient (Wildman–Crippen LogP) is 2.57. The van der Waals surface area contributed by atoms with Crippen molar-refractivity contribution in [1.82, 2.24) is 24.6 Å². The van der Waals surface area contributed by atoms with E-state index in [0.717, 1.165) is 41.1 Å². The van der Waals surface area contributed by atoms with Crippen LogP contribution in [0.25, 0.3) is 5.65 Å². The number of hydrogen-bond acceptors (Lipinski definition) is 4. The van der Waals surface area contributed by atoms with Crippen molar-refractivity contribution in [3.63, 3.8) is 0 Å². The van der Waals surface area contributed by atoms with E-state index in [1.54, 1.807) is 6.20 Å². The fourth-order valence-corrected chi connectivity index (χ4v) is 2.53. The predicted molar refractivity (Wildman–Crippen MR) is 80.8 cm³/mol. The van der Waals surface area contributed by atoms with Crippen molar-refractivity contribution in [3.05, 3.63) is 40.6 Å². The summed E-state index contributed by atoms with van der Waals surface area (Å²) in [5.74, 6) is 0.799. The number of aryl methyl sites for hydroxylation is 2. The Balaban J connectivity index is 1.62. The maximum absolute atomic E-state index is 4.43. The lowest BCUT2D eigenvalue weighted by Gasteiger charge is -2.07. The number of anilines is 1. The molecule has 3 aromatic heterocycles. The number of H-pyrrole nitrogens is 1. The molecule has 0 aliphatic heterocycles. The number of hydrogen-bond donors (Lipinski definition) is 2. The molecule has 0 saturated carbocycles. The van der Waals surface area contributed by atoms with Gasteiger partial charge in [-0.1, -0.05) is 0 Å². The second-order valence-corrected chi connectivity index (χ2v) is 5.43. The zero-order valence-corrected chi connectivity index (χ0v) is 12.7. The number of nitrogens with one attached hydrogen (secondary N) is 2. The van der Waals surface area contributed by atoms with Gasteiger partial charge in [0.15, 0.2) is 11.5 Å². The molecule has 3 aromatic rings. The van der Waals surface area contributed by atoms with Crippen LogP contribution >= 0.6 is 15.9 Å². The summed E-state index contributed by atoms with van der Waals surface area (Å²) in [6.45, 7) is 2.89. The van der Waals surface area contributed by atoms with Gasteiger partial charge in [0.2, 0.25) is 0 Å². The van der Waals surface area contributed by atoms with Crippen LogP contribution in [0, 0.1) is 6.92 Å². The van der Waals surface area contributed by atoms with Gasteiger partial charge in [-0.15, -0.1) is 0 Å². The highest BCUT2D eigenvalue weighted by atomic mass is 79.9. The Morgan fingerprint density at radius 1 is 1.45 bits per heavy atom. The van der Waals surface area contributed by atoms with Gasteiger partial charge < -0.3 is 9.72 Å². The molecule has 0 radical (unpaired) electrons. The first kappa shape index (κ1) is 13.1. The molecule has 0 amide bonds. The number of nitrogens with zero attached hydrogens (tertiary/aromatic N) is 4. The second kappa shape index (κ2) is 5.62. The topological polar surface area (TPSA) is 70.9 Å². The zero-order valence-electron chi connectivity index (χ0n) is 11.1. The molecule has 3 rings (SSSR count). The van der Waals surface area contributed by atoms with Crippen LogP contribution in [0.15, 0.2) is 29.4 Å². The number of imidazole rings is 1. The van der Waals surface area contributed by atoms with Crippen molar-refractivity contribution in [2.45, 2.75) is 19.8 Å². The van der Waals surface area contributed by atoms with E-state index in [0.29, 0.717) is 0 Å². The van der Waals surface area contributed by atoms with Crippen LogP contribution in [0.5, 0.6) is 0 Å². The minimum Gasteiger partial charge on any atom is -0.367 e. The largest absolute Gasteiger partial charge is 0.367 e. The minimum absolute atomic E-state index is 0.788. The molecule has 0 spiro atoms. The van der Waals surface area contributed by atoms with E-state index in [-0.39, 0.29) is 0 Å². The van der Waals surface area contributed by atoms with Crippen LogP contribution in [0.3, 0.4) is 0 Å². The molecule has 20 heavy (non-hydrogen) atoms. The summed E-state index contributed by atoms with van der Waals surface area (Å²) in [7, 11) is 0. The van der Waals surface area contributed by atoms with E-state index >= 15 is 0 Å². The Labute approximate surface area is 124 Å². The first-order valence-corrected chi connectivity index (χ1v) is 7.25. The molecule has 0 aromatic carbocycles. The van der Waals surface area contributed by atoms with Gasteiger partial charge in [-0.2, -0.15) is 5.10 Å². The van der Waals surface area contributed by atoms with E-state index in [1.807, 2.05) is 29.9 Å². The number of aromatic nitrogens is 5. The van der Waals surface area contributed by atoms with E-state index in [2.05, 4.69) is 41.4 Å².